The van der Waals surface area contributed by atoms with Gasteiger partial charge in [0.25, 0.3) is 5.91 Å². The van der Waals surface area contributed by atoms with E-state index < -0.39 is 17.5 Å². The fourth-order valence-electron chi connectivity index (χ4n) is 1.77. The molecule has 0 atom stereocenters. The van der Waals surface area contributed by atoms with Gasteiger partial charge in [-0.3, -0.25) is 9.59 Å². The molecule has 108 valence electrons. The largest absolute Gasteiger partial charge is 0.507 e. The zero-order valence-electron chi connectivity index (χ0n) is 11.0. The molecule has 0 spiro atoms. The number of carbonyl (C=O) groups is 2. The zero-order chi connectivity index (χ0) is 14.5. The Morgan fingerprint density at radius 3 is 2.75 bits per heavy atom. The Hall–Kier alpha value is -2.11. The zero-order valence-corrected chi connectivity index (χ0v) is 11.0. The maximum atomic E-state index is 12.8. The number of phenols is 1. The monoisotopic (exact) mass is 280 g/mol. The first kappa shape index (κ1) is 14.3. The van der Waals surface area contributed by atoms with Crippen molar-refractivity contribution < 1.29 is 19.1 Å². The normalized spacial score (nSPS) is 13.8. The van der Waals surface area contributed by atoms with Crippen molar-refractivity contribution in [2.45, 2.75) is 31.7 Å². The molecule has 5 nitrogen and oxygen atoms in total. The summed E-state index contributed by atoms with van der Waals surface area (Å²) in [6.45, 7) is 0.327. The third-order valence-electron chi connectivity index (χ3n) is 3.01. The number of nitrogens with one attached hydrogen (secondary N) is 2. The fourth-order valence-corrected chi connectivity index (χ4v) is 1.77. The number of aromatic hydroxyl groups is 1. The number of hydrogen-bond acceptors (Lipinski definition) is 3. The number of hydrogen-bond donors (Lipinski definition) is 3. The number of phenolic OH excluding ortho intramolecular Hbond substituents is 1. The van der Waals surface area contributed by atoms with Crippen molar-refractivity contribution in [2.24, 2.45) is 0 Å². The van der Waals surface area contributed by atoms with Crippen LogP contribution in [-0.2, 0) is 4.79 Å². The maximum Gasteiger partial charge on any atom is 0.255 e. The summed E-state index contributed by atoms with van der Waals surface area (Å²) >= 11 is 0. The van der Waals surface area contributed by atoms with Gasteiger partial charge in [-0.15, -0.1) is 0 Å². The molecule has 1 saturated carbocycles. The molecule has 3 N–H and O–H groups in total. The summed E-state index contributed by atoms with van der Waals surface area (Å²) < 4.78 is 12.8. The average Bonchev–Trinajstić information content (AvgIpc) is 3.18. The first-order chi connectivity index (χ1) is 9.56. The second kappa shape index (κ2) is 6.36. The van der Waals surface area contributed by atoms with E-state index in [1.807, 2.05) is 0 Å². The lowest BCUT2D eigenvalue weighted by Crippen LogP contribution is -2.28. The molecular formula is C14H17FN2O3. The minimum atomic E-state index is -0.601. The predicted octanol–water partition coefficient (Wildman–Crippen LogP) is 1.32. The molecule has 20 heavy (non-hydrogen) atoms. The predicted molar refractivity (Wildman–Crippen MR) is 70.8 cm³/mol. The summed E-state index contributed by atoms with van der Waals surface area (Å²) in [7, 11) is 0. The molecule has 2 amide bonds. The molecule has 1 aliphatic rings. The minimum Gasteiger partial charge on any atom is -0.507 e. The molecule has 0 bridgehead atoms. The molecule has 0 aromatic heterocycles. The van der Waals surface area contributed by atoms with Crippen LogP contribution in [0, 0.1) is 5.82 Å². The van der Waals surface area contributed by atoms with Gasteiger partial charge in [0.15, 0.2) is 0 Å². The molecule has 1 aromatic carbocycles. The van der Waals surface area contributed by atoms with Gasteiger partial charge >= 0.3 is 0 Å². The SMILES string of the molecule is O=C(CCCNC(=O)c1ccc(F)cc1O)NC1CC1. The smallest absolute Gasteiger partial charge is 0.255 e. The van der Waals surface area contributed by atoms with Gasteiger partial charge in [0, 0.05) is 25.1 Å². The van der Waals surface area contributed by atoms with Crippen LogP contribution in [0.15, 0.2) is 18.2 Å². The lowest BCUT2D eigenvalue weighted by Gasteiger charge is -2.07. The van der Waals surface area contributed by atoms with Gasteiger partial charge in [-0.05, 0) is 31.4 Å². The minimum absolute atomic E-state index is 0.00798. The number of carbonyl (C=O) groups excluding carboxylic acids is 2. The summed E-state index contributed by atoms with van der Waals surface area (Å²) in [6.07, 6.45) is 2.97. The fraction of sp³-hybridized carbons (Fsp3) is 0.429. The van der Waals surface area contributed by atoms with E-state index in [0.717, 1.165) is 25.0 Å². The molecule has 2 rings (SSSR count). The van der Waals surface area contributed by atoms with Crippen LogP contribution in [0.4, 0.5) is 4.39 Å². The summed E-state index contributed by atoms with van der Waals surface area (Å²) in [5.74, 6) is -1.48. The molecule has 0 unspecified atom stereocenters. The van der Waals surface area contributed by atoms with Crippen LogP contribution in [-0.4, -0.2) is 29.5 Å². The first-order valence-electron chi connectivity index (χ1n) is 6.62. The van der Waals surface area contributed by atoms with Crippen molar-refractivity contribution in [3.63, 3.8) is 0 Å². The molecule has 0 aliphatic heterocycles. The van der Waals surface area contributed by atoms with Crippen molar-refractivity contribution >= 4 is 11.8 Å². The Balaban J connectivity index is 1.70. The number of amides is 2. The summed E-state index contributed by atoms with van der Waals surface area (Å²) in [6, 6.07) is 3.56. The second-order valence-corrected chi connectivity index (χ2v) is 4.86. The maximum absolute atomic E-state index is 12.8. The summed E-state index contributed by atoms with van der Waals surface area (Å²) in [5.41, 5.74) is 0.0221. The van der Waals surface area contributed by atoms with Crippen LogP contribution in [0.2, 0.25) is 0 Å². The van der Waals surface area contributed by atoms with Crippen LogP contribution in [0.1, 0.15) is 36.0 Å². The average molecular weight is 280 g/mol. The van der Waals surface area contributed by atoms with Crippen LogP contribution >= 0.6 is 0 Å². The van der Waals surface area contributed by atoms with Gasteiger partial charge in [-0.2, -0.15) is 0 Å². The standard InChI is InChI=1S/C14H17FN2O3/c15-9-3-6-11(12(18)8-9)14(20)16-7-1-2-13(19)17-10-4-5-10/h3,6,8,10,18H,1-2,4-5,7H2,(H,16,20)(H,17,19). The van der Waals surface area contributed by atoms with E-state index in [1.54, 1.807) is 0 Å². The van der Waals surface area contributed by atoms with Gasteiger partial charge in [0.2, 0.25) is 5.91 Å². The van der Waals surface area contributed by atoms with Crippen molar-refractivity contribution in [1.29, 1.82) is 0 Å². The van der Waals surface area contributed by atoms with Gasteiger partial charge in [-0.25, -0.2) is 4.39 Å². The van der Waals surface area contributed by atoms with E-state index in [1.165, 1.54) is 6.07 Å². The van der Waals surface area contributed by atoms with E-state index in [2.05, 4.69) is 10.6 Å². The number of halogens is 1. The van der Waals surface area contributed by atoms with Crippen molar-refractivity contribution in [1.82, 2.24) is 10.6 Å². The van der Waals surface area contributed by atoms with Crippen molar-refractivity contribution in [2.75, 3.05) is 6.54 Å². The molecule has 0 radical (unpaired) electrons. The Morgan fingerprint density at radius 2 is 2.10 bits per heavy atom. The van der Waals surface area contributed by atoms with Crippen LogP contribution in [0.3, 0.4) is 0 Å². The highest BCUT2D eigenvalue weighted by atomic mass is 19.1. The summed E-state index contributed by atoms with van der Waals surface area (Å²) in [5, 5.41) is 14.9. The van der Waals surface area contributed by atoms with Crippen LogP contribution in [0.25, 0.3) is 0 Å². The molecule has 0 saturated heterocycles. The van der Waals surface area contributed by atoms with Gasteiger partial charge < -0.3 is 15.7 Å². The van der Waals surface area contributed by atoms with Crippen LogP contribution in [0.5, 0.6) is 5.75 Å². The van der Waals surface area contributed by atoms with Crippen molar-refractivity contribution in [3.8, 4) is 5.75 Å². The highest BCUT2D eigenvalue weighted by Crippen LogP contribution is 2.19. The van der Waals surface area contributed by atoms with Crippen LogP contribution < -0.4 is 10.6 Å². The third-order valence-corrected chi connectivity index (χ3v) is 3.01. The highest BCUT2D eigenvalue weighted by molar-refractivity contribution is 5.96. The van der Waals surface area contributed by atoms with E-state index in [-0.39, 0.29) is 11.5 Å². The lowest BCUT2D eigenvalue weighted by atomic mass is 10.2. The lowest BCUT2D eigenvalue weighted by molar-refractivity contribution is -0.121. The number of rotatable bonds is 6. The Bertz CT molecular complexity index is 515. The molecule has 0 heterocycles. The summed E-state index contributed by atoms with van der Waals surface area (Å²) in [4.78, 5) is 23.1. The highest BCUT2D eigenvalue weighted by Gasteiger charge is 2.22. The van der Waals surface area contributed by atoms with E-state index >= 15 is 0 Å². The topological polar surface area (TPSA) is 78.4 Å². The molecule has 6 heteroatoms. The van der Waals surface area contributed by atoms with E-state index in [0.29, 0.717) is 25.4 Å². The van der Waals surface area contributed by atoms with E-state index in [9.17, 15) is 19.1 Å². The van der Waals surface area contributed by atoms with Gasteiger partial charge in [0.05, 0.1) is 5.56 Å². The van der Waals surface area contributed by atoms with Crippen molar-refractivity contribution in [3.05, 3.63) is 29.6 Å². The molecule has 1 aromatic rings. The first-order valence-corrected chi connectivity index (χ1v) is 6.62. The Morgan fingerprint density at radius 1 is 1.35 bits per heavy atom. The van der Waals surface area contributed by atoms with E-state index in [4.69, 9.17) is 0 Å². The number of benzene rings is 1. The van der Waals surface area contributed by atoms with Gasteiger partial charge in [-0.1, -0.05) is 0 Å². The second-order valence-electron chi connectivity index (χ2n) is 4.86. The third kappa shape index (κ3) is 4.22. The molecule has 1 aliphatic carbocycles. The van der Waals surface area contributed by atoms with Gasteiger partial charge in [0.1, 0.15) is 11.6 Å². The Labute approximate surface area is 116 Å². The Kier molecular flexibility index (Phi) is 4.55. The molecule has 1 fully saturated rings. The molecular weight excluding hydrogens is 263 g/mol. The quantitative estimate of drug-likeness (QED) is 0.688.